The summed E-state index contributed by atoms with van der Waals surface area (Å²) in [5, 5.41) is 0. The zero-order valence-electron chi connectivity index (χ0n) is 9.45. The number of amides is 1. The van der Waals surface area contributed by atoms with Gasteiger partial charge in [-0.1, -0.05) is 33.4 Å². The lowest BCUT2D eigenvalue weighted by molar-refractivity contribution is -0.139. The molecule has 0 saturated carbocycles. The highest BCUT2D eigenvalue weighted by Crippen LogP contribution is 2.52. The number of rotatable bonds is 1. The number of fused-ring (bicyclic) bond motifs is 1. The predicted octanol–water partition coefficient (Wildman–Crippen LogP) is 2.54. The van der Waals surface area contributed by atoms with Crippen molar-refractivity contribution in [3.8, 4) is 0 Å². The first-order chi connectivity index (χ1) is 6.91. The van der Waals surface area contributed by atoms with Gasteiger partial charge < -0.3 is 0 Å². The number of carbonyl (C=O) groups is 1. The van der Waals surface area contributed by atoms with Crippen LogP contribution in [0.3, 0.4) is 0 Å². The van der Waals surface area contributed by atoms with Crippen molar-refractivity contribution in [3.63, 3.8) is 0 Å². The highest BCUT2D eigenvalue weighted by atomic mass is 32.2. The maximum atomic E-state index is 11.9. The second kappa shape index (κ2) is 3.25. The summed E-state index contributed by atoms with van der Waals surface area (Å²) in [4.78, 5) is 13.4. The summed E-state index contributed by atoms with van der Waals surface area (Å²) < 4.78 is 5.70. The Labute approximate surface area is 95.1 Å². The van der Waals surface area contributed by atoms with Crippen molar-refractivity contribution >= 4 is 17.9 Å². The fraction of sp³-hybridized carbons (Fsp3) is 0.727. The van der Waals surface area contributed by atoms with Crippen LogP contribution in [-0.2, 0) is 8.98 Å². The average molecular weight is 227 g/mol. The second-order valence-electron chi connectivity index (χ2n) is 5.21. The molecular weight excluding hydrogens is 210 g/mol. The van der Waals surface area contributed by atoms with Gasteiger partial charge in [-0.15, -0.1) is 0 Å². The minimum Gasteiger partial charge on any atom is -0.295 e. The van der Waals surface area contributed by atoms with Crippen molar-refractivity contribution in [2.45, 2.75) is 44.7 Å². The summed E-state index contributed by atoms with van der Waals surface area (Å²) >= 11 is 1.39. The molecule has 2 fully saturated rings. The first-order valence-corrected chi connectivity index (χ1v) is 5.95. The van der Waals surface area contributed by atoms with Crippen LogP contribution < -0.4 is 0 Å². The third-order valence-corrected chi connectivity index (χ3v) is 4.09. The van der Waals surface area contributed by atoms with Gasteiger partial charge in [-0.05, 0) is 6.42 Å². The minimum atomic E-state index is -0.310. The fourth-order valence-corrected chi connectivity index (χ4v) is 3.25. The van der Waals surface area contributed by atoms with E-state index in [0.717, 1.165) is 6.42 Å². The van der Waals surface area contributed by atoms with E-state index in [-0.39, 0.29) is 22.4 Å². The van der Waals surface area contributed by atoms with Crippen molar-refractivity contribution < 1.29 is 8.98 Å². The molecule has 1 amide bonds. The zero-order chi connectivity index (χ0) is 11.3. The van der Waals surface area contributed by atoms with Crippen LogP contribution >= 0.6 is 12.0 Å². The molecule has 0 spiro atoms. The first-order valence-electron chi connectivity index (χ1n) is 5.21. The highest BCUT2D eigenvalue weighted by Gasteiger charge is 2.56. The van der Waals surface area contributed by atoms with Crippen LogP contribution in [0.5, 0.6) is 0 Å². The Balaban J connectivity index is 2.34. The van der Waals surface area contributed by atoms with Gasteiger partial charge in [0.15, 0.2) is 6.23 Å². The molecule has 2 rings (SSSR count). The Hall–Kier alpha value is -0.480. The smallest absolute Gasteiger partial charge is 0.226 e. The molecule has 0 aromatic heterocycles. The molecule has 2 aliphatic heterocycles. The van der Waals surface area contributed by atoms with E-state index in [4.69, 9.17) is 4.18 Å². The Kier molecular flexibility index (Phi) is 2.39. The first kappa shape index (κ1) is 11.0. The summed E-state index contributed by atoms with van der Waals surface area (Å²) in [7, 11) is 0. The molecule has 0 aromatic rings. The van der Waals surface area contributed by atoms with Crippen molar-refractivity contribution in [2.75, 3.05) is 0 Å². The average Bonchev–Trinajstić information content (AvgIpc) is 2.64. The lowest BCUT2D eigenvalue weighted by atomic mass is 9.93. The second-order valence-corrected chi connectivity index (χ2v) is 6.28. The third-order valence-electron chi connectivity index (χ3n) is 2.95. The van der Waals surface area contributed by atoms with Gasteiger partial charge in [0.1, 0.15) is 4.87 Å². The third kappa shape index (κ3) is 1.51. The van der Waals surface area contributed by atoms with Gasteiger partial charge in [-0.3, -0.25) is 13.9 Å². The van der Waals surface area contributed by atoms with Gasteiger partial charge in [-0.25, -0.2) is 0 Å². The summed E-state index contributed by atoms with van der Waals surface area (Å²) in [5.74, 6) is 0.180. The summed E-state index contributed by atoms with van der Waals surface area (Å²) in [6, 6.07) is 0. The summed E-state index contributed by atoms with van der Waals surface area (Å²) in [6.45, 7) is 10.1. The van der Waals surface area contributed by atoms with Gasteiger partial charge in [0.2, 0.25) is 5.91 Å². The van der Waals surface area contributed by atoms with E-state index >= 15 is 0 Å². The van der Waals surface area contributed by atoms with Gasteiger partial charge in [0, 0.05) is 23.9 Å². The number of hydrogen-bond acceptors (Lipinski definition) is 3. The molecule has 0 radical (unpaired) electrons. The standard InChI is InChI=1S/C11H17NO2S/c1-5-11-7-6-8(13)12(11)9(14-15-11)10(2,3)4/h5,9H,1,6-7H2,2-4H3/t9-,11-/m1/s1. The summed E-state index contributed by atoms with van der Waals surface area (Å²) in [6.07, 6.45) is 3.12. The molecule has 0 aliphatic carbocycles. The van der Waals surface area contributed by atoms with Crippen LogP contribution in [0.2, 0.25) is 0 Å². The van der Waals surface area contributed by atoms with Crippen LogP contribution in [0.25, 0.3) is 0 Å². The van der Waals surface area contributed by atoms with Crippen molar-refractivity contribution in [1.82, 2.24) is 4.90 Å². The van der Waals surface area contributed by atoms with E-state index in [1.54, 1.807) is 0 Å². The van der Waals surface area contributed by atoms with E-state index in [9.17, 15) is 4.79 Å². The number of hydrogen-bond donors (Lipinski definition) is 0. The van der Waals surface area contributed by atoms with Crippen LogP contribution in [0.4, 0.5) is 0 Å². The van der Waals surface area contributed by atoms with Gasteiger partial charge in [-0.2, -0.15) is 0 Å². The molecule has 0 bridgehead atoms. The monoisotopic (exact) mass is 227 g/mol. The number of nitrogens with zero attached hydrogens (tertiary/aromatic N) is 1. The molecule has 2 heterocycles. The fourth-order valence-electron chi connectivity index (χ4n) is 2.09. The van der Waals surface area contributed by atoms with Crippen molar-refractivity contribution in [3.05, 3.63) is 12.7 Å². The quantitative estimate of drug-likeness (QED) is 0.509. The molecule has 15 heavy (non-hydrogen) atoms. The SMILES string of the molecule is C=C[C@@]12CCC(=O)N1[C@@H](C(C)(C)C)OS2. The van der Waals surface area contributed by atoms with E-state index in [0.29, 0.717) is 6.42 Å². The van der Waals surface area contributed by atoms with Crippen molar-refractivity contribution in [2.24, 2.45) is 5.41 Å². The number of carbonyl (C=O) groups excluding carboxylic acids is 1. The van der Waals surface area contributed by atoms with E-state index in [1.807, 2.05) is 11.0 Å². The molecule has 4 heteroatoms. The minimum absolute atomic E-state index is 0.0578. The maximum absolute atomic E-state index is 11.9. The van der Waals surface area contributed by atoms with Gasteiger partial charge in [0.05, 0.1) is 0 Å². The Morgan fingerprint density at radius 2 is 2.33 bits per heavy atom. The Bertz CT molecular complexity index is 310. The largest absolute Gasteiger partial charge is 0.295 e. The zero-order valence-corrected chi connectivity index (χ0v) is 10.3. The molecule has 2 atom stereocenters. The predicted molar refractivity (Wildman–Crippen MR) is 60.9 cm³/mol. The van der Waals surface area contributed by atoms with Crippen LogP contribution in [-0.4, -0.2) is 21.9 Å². The van der Waals surface area contributed by atoms with E-state index in [2.05, 4.69) is 27.4 Å². The molecule has 84 valence electrons. The van der Waals surface area contributed by atoms with E-state index < -0.39 is 0 Å². The van der Waals surface area contributed by atoms with Gasteiger partial charge in [0.25, 0.3) is 0 Å². The lowest BCUT2D eigenvalue weighted by Crippen LogP contribution is -2.48. The molecule has 2 saturated heterocycles. The van der Waals surface area contributed by atoms with Crippen molar-refractivity contribution in [1.29, 1.82) is 0 Å². The van der Waals surface area contributed by atoms with Crippen LogP contribution in [0, 0.1) is 5.41 Å². The molecular formula is C11H17NO2S. The van der Waals surface area contributed by atoms with E-state index in [1.165, 1.54) is 12.0 Å². The van der Waals surface area contributed by atoms with Crippen LogP contribution in [0.15, 0.2) is 12.7 Å². The topological polar surface area (TPSA) is 29.5 Å². The Morgan fingerprint density at radius 3 is 2.87 bits per heavy atom. The molecule has 2 aliphatic rings. The molecule has 3 nitrogen and oxygen atoms in total. The lowest BCUT2D eigenvalue weighted by Gasteiger charge is -2.35. The Morgan fingerprint density at radius 1 is 1.67 bits per heavy atom. The highest BCUT2D eigenvalue weighted by molar-refractivity contribution is 7.96. The maximum Gasteiger partial charge on any atom is 0.226 e. The summed E-state index contributed by atoms with van der Waals surface area (Å²) in [5.41, 5.74) is -0.0578. The normalized spacial score (nSPS) is 35.8. The molecule has 0 unspecified atom stereocenters. The van der Waals surface area contributed by atoms with Gasteiger partial charge >= 0.3 is 0 Å². The van der Waals surface area contributed by atoms with Crippen LogP contribution in [0.1, 0.15) is 33.6 Å². The molecule has 0 aromatic carbocycles. The molecule has 0 N–H and O–H groups in total.